The molecule has 3 N–H and O–H groups in total. The molecule has 2 rings (SSSR count). The van der Waals surface area contributed by atoms with Gasteiger partial charge in [-0.15, -0.1) is 11.3 Å². The lowest BCUT2D eigenvalue weighted by Crippen LogP contribution is -2.29. The zero-order chi connectivity index (χ0) is 12.8. The van der Waals surface area contributed by atoms with Crippen molar-refractivity contribution in [2.24, 2.45) is 11.7 Å². The molecule has 96 valence electrons. The molecule has 2 unspecified atom stereocenters. The van der Waals surface area contributed by atoms with Gasteiger partial charge in [0.25, 0.3) is 0 Å². The number of hydrogen-bond acceptors (Lipinski definition) is 4. The van der Waals surface area contributed by atoms with Gasteiger partial charge in [-0.1, -0.05) is 37.3 Å². The normalized spacial score (nSPS) is 14.3. The van der Waals surface area contributed by atoms with Gasteiger partial charge in [0.1, 0.15) is 0 Å². The van der Waals surface area contributed by atoms with Crippen LogP contribution >= 0.6 is 11.3 Å². The maximum Gasteiger partial charge on any atom is 0.0794 e. The minimum Gasteiger partial charge on any atom is -0.324 e. The Morgan fingerprint density at radius 3 is 2.78 bits per heavy atom. The molecule has 0 fully saturated rings. The van der Waals surface area contributed by atoms with Crippen molar-refractivity contribution in [3.63, 3.8) is 0 Å². The van der Waals surface area contributed by atoms with Gasteiger partial charge in [-0.2, -0.15) is 0 Å². The number of benzene rings is 1. The van der Waals surface area contributed by atoms with Crippen molar-refractivity contribution >= 4 is 11.3 Å². The summed E-state index contributed by atoms with van der Waals surface area (Å²) in [5, 5.41) is 3.43. The van der Waals surface area contributed by atoms with Gasteiger partial charge >= 0.3 is 0 Å². The van der Waals surface area contributed by atoms with E-state index < -0.39 is 0 Å². The average molecular weight is 261 g/mol. The molecule has 0 saturated carbocycles. The Kier molecular flexibility index (Phi) is 4.87. The molecule has 0 aliphatic heterocycles. The van der Waals surface area contributed by atoms with Crippen molar-refractivity contribution in [2.45, 2.75) is 19.5 Å². The van der Waals surface area contributed by atoms with Gasteiger partial charge in [-0.3, -0.25) is 4.98 Å². The lowest BCUT2D eigenvalue weighted by molar-refractivity contribution is 0.435. The van der Waals surface area contributed by atoms with Gasteiger partial charge in [0.2, 0.25) is 0 Å². The highest BCUT2D eigenvalue weighted by Gasteiger charge is 2.13. The monoisotopic (exact) mass is 261 g/mol. The molecule has 4 heteroatoms. The van der Waals surface area contributed by atoms with Crippen LogP contribution in [0.3, 0.4) is 0 Å². The molecule has 0 radical (unpaired) electrons. The highest BCUT2D eigenvalue weighted by atomic mass is 32.1. The largest absolute Gasteiger partial charge is 0.324 e. The predicted octanol–water partition coefficient (Wildman–Crippen LogP) is 2.57. The van der Waals surface area contributed by atoms with Gasteiger partial charge in [0.15, 0.2) is 0 Å². The third kappa shape index (κ3) is 3.63. The van der Waals surface area contributed by atoms with E-state index in [9.17, 15) is 0 Å². The number of nitrogens with one attached hydrogen (secondary N) is 1. The second-order valence-electron chi connectivity index (χ2n) is 4.51. The third-order valence-electron chi connectivity index (χ3n) is 3.05. The third-order valence-corrected chi connectivity index (χ3v) is 3.83. The fraction of sp³-hybridized carbons (Fsp3) is 0.357. The van der Waals surface area contributed by atoms with Crippen molar-refractivity contribution in [1.82, 2.24) is 10.3 Å². The number of nitrogens with two attached hydrogens (primary N) is 1. The van der Waals surface area contributed by atoms with Crippen LogP contribution in [0.5, 0.6) is 0 Å². The van der Waals surface area contributed by atoms with Crippen LogP contribution in [0.25, 0.3) is 0 Å². The van der Waals surface area contributed by atoms with E-state index in [1.807, 2.05) is 29.9 Å². The van der Waals surface area contributed by atoms with Gasteiger partial charge < -0.3 is 11.1 Å². The first-order valence-corrected chi connectivity index (χ1v) is 7.04. The van der Waals surface area contributed by atoms with Gasteiger partial charge in [-0.05, 0) is 18.0 Å². The van der Waals surface area contributed by atoms with Crippen LogP contribution in [0, 0.1) is 5.92 Å². The van der Waals surface area contributed by atoms with Crippen molar-refractivity contribution in [3.8, 4) is 0 Å². The maximum absolute atomic E-state index is 6.25. The summed E-state index contributed by atoms with van der Waals surface area (Å²) >= 11 is 1.67. The second-order valence-corrected chi connectivity index (χ2v) is 5.48. The zero-order valence-corrected chi connectivity index (χ0v) is 11.4. The molecule has 0 saturated heterocycles. The fourth-order valence-electron chi connectivity index (χ4n) is 1.88. The molecule has 3 nitrogen and oxygen atoms in total. The van der Waals surface area contributed by atoms with Crippen LogP contribution in [-0.4, -0.2) is 11.5 Å². The Hall–Kier alpha value is -1.23. The van der Waals surface area contributed by atoms with E-state index in [-0.39, 0.29) is 6.04 Å². The van der Waals surface area contributed by atoms with E-state index in [2.05, 4.69) is 29.4 Å². The average Bonchev–Trinajstić information content (AvgIpc) is 2.92. The minimum atomic E-state index is 0.0835. The van der Waals surface area contributed by atoms with E-state index in [1.54, 1.807) is 11.3 Å². The molecule has 0 aliphatic rings. The Morgan fingerprint density at radius 1 is 1.33 bits per heavy atom. The Morgan fingerprint density at radius 2 is 2.11 bits per heavy atom. The first-order chi connectivity index (χ1) is 8.77. The van der Waals surface area contributed by atoms with Gasteiger partial charge in [-0.25, -0.2) is 0 Å². The van der Waals surface area contributed by atoms with Crippen LogP contribution in [0.1, 0.15) is 23.4 Å². The summed E-state index contributed by atoms with van der Waals surface area (Å²) < 4.78 is 0. The molecule has 0 aliphatic carbocycles. The van der Waals surface area contributed by atoms with Crippen molar-refractivity contribution in [2.75, 3.05) is 6.54 Å². The zero-order valence-electron chi connectivity index (χ0n) is 10.5. The van der Waals surface area contributed by atoms with Crippen molar-refractivity contribution in [1.29, 1.82) is 0 Å². The van der Waals surface area contributed by atoms with E-state index >= 15 is 0 Å². The van der Waals surface area contributed by atoms with Crippen LogP contribution in [0.4, 0.5) is 0 Å². The number of rotatable bonds is 6. The van der Waals surface area contributed by atoms with Gasteiger partial charge in [0, 0.05) is 23.7 Å². The lowest BCUT2D eigenvalue weighted by Gasteiger charge is -2.20. The lowest BCUT2D eigenvalue weighted by atomic mass is 9.95. The Balaban J connectivity index is 1.79. The fourth-order valence-corrected chi connectivity index (χ4v) is 2.45. The molecule has 0 spiro atoms. The molecular weight excluding hydrogens is 242 g/mol. The second kappa shape index (κ2) is 6.64. The maximum atomic E-state index is 6.25. The highest BCUT2D eigenvalue weighted by Crippen LogP contribution is 2.18. The standard InChI is InChI=1S/C14H19N3S/c1-11(7-16-8-13-9-17-10-18-13)14(15)12-5-3-2-4-6-12/h2-6,9-11,14,16H,7-8,15H2,1H3. The van der Waals surface area contributed by atoms with E-state index in [1.165, 1.54) is 10.4 Å². The SMILES string of the molecule is CC(CNCc1cncs1)C(N)c1ccccc1. The molecular formula is C14H19N3S. The summed E-state index contributed by atoms with van der Waals surface area (Å²) in [5.74, 6) is 0.403. The first-order valence-electron chi connectivity index (χ1n) is 6.16. The first kappa shape index (κ1) is 13.2. The molecule has 1 aromatic heterocycles. The van der Waals surface area contributed by atoms with Crippen LogP contribution in [-0.2, 0) is 6.54 Å². The molecule has 1 aromatic carbocycles. The predicted molar refractivity (Wildman–Crippen MR) is 76.4 cm³/mol. The van der Waals surface area contributed by atoms with Crippen LogP contribution in [0.15, 0.2) is 42.0 Å². The summed E-state index contributed by atoms with van der Waals surface area (Å²) in [6.07, 6.45) is 1.90. The molecule has 1 heterocycles. The Labute approximate surface area is 112 Å². The molecule has 0 bridgehead atoms. The molecule has 2 atom stereocenters. The highest BCUT2D eigenvalue weighted by molar-refractivity contribution is 7.09. The smallest absolute Gasteiger partial charge is 0.0794 e. The summed E-state index contributed by atoms with van der Waals surface area (Å²) in [7, 11) is 0. The topological polar surface area (TPSA) is 50.9 Å². The summed E-state index contributed by atoms with van der Waals surface area (Å²) in [6.45, 7) is 3.96. The molecule has 0 amide bonds. The number of nitrogens with zero attached hydrogens (tertiary/aromatic N) is 1. The van der Waals surface area contributed by atoms with Crippen molar-refractivity contribution in [3.05, 3.63) is 52.5 Å². The number of hydrogen-bond donors (Lipinski definition) is 2. The summed E-state index contributed by atoms with van der Waals surface area (Å²) in [4.78, 5) is 5.32. The quantitative estimate of drug-likeness (QED) is 0.840. The van der Waals surface area contributed by atoms with Crippen molar-refractivity contribution < 1.29 is 0 Å². The number of thiazole rings is 1. The summed E-state index contributed by atoms with van der Waals surface area (Å²) in [6, 6.07) is 10.3. The molecule has 18 heavy (non-hydrogen) atoms. The van der Waals surface area contributed by atoms with E-state index in [0.717, 1.165) is 13.1 Å². The summed E-state index contributed by atoms with van der Waals surface area (Å²) in [5.41, 5.74) is 9.30. The Bertz CT molecular complexity index is 441. The van der Waals surface area contributed by atoms with Crippen LogP contribution < -0.4 is 11.1 Å². The number of aromatic nitrogens is 1. The van der Waals surface area contributed by atoms with E-state index in [4.69, 9.17) is 5.73 Å². The van der Waals surface area contributed by atoms with Gasteiger partial charge in [0.05, 0.1) is 5.51 Å². The van der Waals surface area contributed by atoms with Crippen LogP contribution in [0.2, 0.25) is 0 Å². The molecule has 2 aromatic rings. The van der Waals surface area contributed by atoms with E-state index in [0.29, 0.717) is 5.92 Å². The minimum absolute atomic E-state index is 0.0835.